The third-order valence-corrected chi connectivity index (χ3v) is 4.61. The summed E-state index contributed by atoms with van der Waals surface area (Å²) in [5.74, 6) is 0. The molecule has 0 aliphatic carbocycles. The van der Waals surface area contributed by atoms with Gasteiger partial charge in [0.25, 0.3) is 0 Å². The molecule has 1 aromatic heterocycles. The lowest BCUT2D eigenvalue weighted by Gasteiger charge is -2.17. The number of hydrogen-bond acceptors (Lipinski definition) is 4. The number of hydrogen-bond donors (Lipinski definition) is 2. The molecule has 108 valence electrons. The first-order valence-corrected chi connectivity index (χ1v) is 7.96. The summed E-state index contributed by atoms with van der Waals surface area (Å²) >= 11 is 4.97. The molecule has 2 aromatic rings. The van der Waals surface area contributed by atoms with Gasteiger partial charge >= 0.3 is 5.69 Å². The Hall–Kier alpha value is -1.05. The van der Waals surface area contributed by atoms with E-state index in [0.29, 0.717) is 5.16 Å². The van der Waals surface area contributed by atoms with Gasteiger partial charge in [-0.2, -0.15) is 0 Å². The highest BCUT2D eigenvalue weighted by Crippen LogP contribution is 2.33. The summed E-state index contributed by atoms with van der Waals surface area (Å²) in [5, 5.41) is 10.5. The Morgan fingerprint density at radius 2 is 2.30 bits per heavy atom. The molecule has 0 radical (unpaired) electrons. The van der Waals surface area contributed by atoms with Gasteiger partial charge in [-0.05, 0) is 42.9 Å². The summed E-state index contributed by atoms with van der Waals surface area (Å²) in [7, 11) is 1.71. The molecule has 0 amide bonds. The summed E-state index contributed by atoms with van der Waals surface area (Å²) in [6.07, 6.45) is 0. The minimum absolute atomic E-state index is 0.205. The number of benzene rings is 1. The second kappa shape index (κ2) is 6.60. The molecule has 1 heterocycles. The van der Waals surface area contributed by atoms with Crippen LogP contribution in [-0.2, 0) is 7.05 Å². The van der Waals surface area contributed by atoms with Crippen molar-refractivity contribution < 1.29 is 0 Å². The zero-order chi connectivity index (χ0) is 14.7. The average Bonchev–Trinajstić information content (AvgIpc) is 2.71. The van der Waals surface area contributed by atoms with Crippen molar-refractivity contribution in [3.05, 3.63) is 38.7 Å². The maximum Gasteiger partial charge on any atom is 0.343 e. The Bertz CT molecular complexity index is 652. The van der Waals surface area contributed by atoms with Crippen LogP contribution in [-0.4, -0.2) is 21.3 Å². The number of nitrogens with zero attached hydrogens (tertiary/aromatic N) is 2. The van der Waals surface area contributed by atoms with Gasteiger partial charge in [-0.3, -0.25) is 4.57 Å². The third-order valence-electron chi connectivity index (χ3n) is 2.99. The molecule has 1 atom stereocenters. The number of aromatic amines is 1. The molecule has 0 saturated heterocycles. The molecule has 2 rings (SSSR count). The Balaban J connectivity index is 2.37. The van der Waals surface area contributed by atoms with Crippen LogP contribution >= 0.6 is 27.7 Å². The van der Waals surface area contributed by atoms with Crippen molar-refractivity contribution in [1.82, 2.24) is 20.1 Å². The number of halogens is 1. The van der Waals surface area contributed by atoms with Crippen LogP contribution in [0.3, 0.4) is 0 Å². The zero-order valence-corrected chi connectivity index (χ0v) is 14.0. The van der Waals surface area contributed by atoms with Crippen LogP contribution < -0.4 is 11.0 Å². The highest BCUT2D eigenvalue weighted by atomic mass is 79.9. The molecule has 0 aliphatic rings. The van der Waals surface area contributed by atoms with Crippen molar-refractivity contribution in [2.45, 2.75) is 29.9 Å². The van der Waals surface area contributed by atoms with Gasteiger partial charge in [-0.1, -0.05) is 28.9 Å². The van der Waals surface area contributed by atoms with E-state index < -0.39 is 0 Å². The summed E-state index contributed by atoms with van der Waals surface area (Å²) in [4.78, 5) is 12.5. The van der Waals surface area contributed by atoms with Gasteiger partial charge in [0.1, 0.15) is 0 Å². The minimum Gasteiger partial charge on any atom is -0.310 e. The normalized spacial score (nSPS) is 12.6. The predicted octanol–water partition coefficient (Wildman–Crippen LogP) is 2.69. The fourth-order valence-electron chi connectivity index (χ4n) is 1.89. The molecule has 0 bridgehead atoms. The van der Waals surface area contributed by atoms with Crippen molar-refractivity contribution in [3.8, 4) is 0 Å². The molecule has 0 saturated carbocycles. The van der Waals surface area contributed by atoms with E-state index in [0.717, 1.165) is 15.9 Å². The first-order chi connectivity index (χ1) is 9.52. The van der Waals surface area contributed by atoms with E-state index in [1.807, 2.05) is 12.1 Å². The SMILES string of the molecule is CCNC(C)c1ccc(Br)cc1Sc1n[nH]c(=O)n1C. The van der Waals surface area contributed by atoms with Crippen molar-refractivity contribution in [2.75, 3.05) is 6.54 Å². The van der Waals surface area contributed by atoms with E-state index in [2.05, 4.69) is 51.4 Å². The van der Waals surface area contributed by atoms with Gasteiger partial charge in [-0.25, -0.2) is 9.89 Å². The first kappa shape index (κ1) is 15.3. The smallest absolute Gasteiger partial charge is 0.310 e. The third kappa shape index (κ3) is 3.34. The van der Waals surface area contributed by atoms with E-state index in [4.69, 9.17) is 0 Å². The number of nitrogens with one attached hydrogen (secondary N) is 2. The Morgan fingerprint density at radius 3 is 2.90 bits per heavy atom. The van der Waals surface area contributed by atoms with Gasteiger partial charge in [0.05, 0.1) is 0 Å². The van der Waals surface area contributed by atoms with Crippen LogP contribution in [0, 0.1) is 0 Å². The minimum atomic E-state index is -0.205. The van der Waals surface area contributed by atoms with Crippen LogP contribution in [0.15, 0.2) is 37.5 Å². The highest BCUT2D eigenvalue weighted by Gasteiger charge is 2.14. The van der Waals surface area contributed by atoms with Crippen LogP contribution in [0.1, 0.15) is 25.5 Å². The topological polar surface area (TPSA) is 62.7 Å². The van der Waals surface area contributed by atoms with E-state index in [1.165, 1.54) is 21.9 Å². The van der Waals surface area contributed by atoms with Crippen molar-refractivity contribution in [3.63, 3.8) is 0 Å². The van der Waals surface area contributed by atoms with E-state index in [-0.39, 0.29) is 11.7 Å². The standard InChI is InChI=1S/C13H17BrN4OS/c1-4-15-8(2)10-6-5-9(14)7-11(10)20-13-17-16-12(19)18(13)3/h5-8,15H,4H2,1-3H3,(H,16,19). The fraction of sp³-hybridized carbons (Fsp3) is 0.385. The molecule has 1 aromatic carbocycles. The molecule has 7 heteroatoms. The van der Waals surface area contributed by atoms with Crippen LogP contribution in [0.25, 0.3) is 0 Å². The second-order valence-electron chi connectivity index (χ2n) is 4.43. The van der Waals surface area contributed by atoms with Gasteiger partial charge in [-0.15, -0.1) is 5.10 Å². The fourth-order valence-corrected chi connectivity index (χ4v) is 3.46. The molecule has 0 aliphatic heterocycles. The second-order valence-corrected chi connectivity index (χ2v) is 6.36. The highest BCUT2D eigenvalue weighted by molar-refractivity contribution is 9.10. The van der Waals surface area contributed by atoms with E-state index in [9.17, 15) is 4.79 Å². The first-order valence-electron chi connectivity index (χ1n) is 6.35. The average molecular weight is 357 g/mol. The van der Waals surface area contributed by atoms with Crippen molar-refractivity contribution in [1.29, 1.82) is 0 Å². The predicted molar refractivity (Wildman–Crippen MR) is 84.2 cm³/mol. The van der Waals surface area contributed by atoms with Crippen LogP contribution in [0.2, 0.25) is 0 Å². The quantitative estimate of drug-likeness (QED) is 0.864. The summed E-state index contributed by atoms with van der Waals surface area (Å²) in [6, 6.07) is 6.40. The van der Waals surface area contributed by atoms with Gasteiger partial charge in [0.15, 0.2) is 5.16 Å². The maximum atomic E-state index is 11.4. The maximum absolute atomic E-state index is 11.4. The van der Waals surface area contributed by atoms with E-state index >= 15 is 0 Å². The lowest BCUT2D eigenvalue weighted by molar-refractivity contribution is 0.589. The molecule has 1 unspecified atom stereocenters. The number of H-pyrrole nitrogens is 1. The Kier molecular flexibility index (Phi) is 5.06. The van der Waals surface area contributed by atoms with Gasteiger partial charge in [0.2, 0.25) is 0 Å². The Labute approximate surface area is 130 Å². The molecule has 0 fully saturated rings. The van der Waals surface area contributed by atoms with Crippen molar-refractivity contribution in [2.24, 2.45) is 7.05 Å². The monoisotopic (exact) mass is 356 g/mol. The van der Waals surface area contributed by atoms with Crippen LogP contribution in [0.5, 0.6) is 0 Å². The molecular weight excluding hydrogens is 340 g/mol. The lowest BCUT2D eigenvalue weighted by atomic mass is 10.1. The summed E-state index contributed by atoms with van der Waals surface area (Å²) in [6.45, 7) is 5.11. The Morgan fingerprint density at radius 1 is 1.55 bits per heavy atom. The summed E-state index contributed by atoms with van der Waals surface area (Å²) in [5.41, 5.74) is 0.985. The molecular formula is C13H17BrN4OS. The number of rotatable bonds is 5. The largest absolute Gasteiger partial charge is 0.343 e. The number of aromatic nitrogens is 3. The molecule has 2 N–H and O–H groups in total. The molecule has 5 nitrogen and oxygen atoms in total. The lowest BCUT2D eigenvalue weighted by Crippen LogP contribution is -2.18. The van der Waals surface area contributed by atoms with E-state index in [1.54, 1.807) is 7.05 Å². The van der Waals surface area contributed by atoms with Crippen molar-refractivity contribution >= 4 is 27.7 Å². The molecule has 20 heavy (non-hydrogen) atoms. The van der Waals surface area contributed by atoms with Gasteiger partial charge in [0, 0.05) is 22.5 Å². The van der Waals surface area contributed by atoms with Crippen LogP contribution in [0.4, 0.5) is 0 Å². The zero-order valence-electron chi connectivity index (χ0n) is 11.6. The summed E-state index contributed by atoms with van der Waals surface area (Å²) < 4.78 is 2.51. The molecule has 0 spiro atoms. The van der Waals surface area contributed by atoms with Gasteiger partial charge < -0.3 is 5.32 Å².